The van der Waals surface area contributed by atoms with Crippen molar-refractivity contribution in [1.82, 2.24) is 15.0 Å². The summed E-state index contributed by atoms with van der Waals surface area (Å²) in [5.41, 5.74) is 6.87. The fourth-order valence-electron chi connectivity index (χ4n) is 1.49. The molecule has 1 aromatic carbocycles. The second-order valence-corrected chi connectivity index (χ2v) is 3.45. The van der Waals surface area contributed by atoms with E-state index in [1.807, 2.05) is 6.07 Å². The molecular formula is C11H11N5O. The van der Waals surface area contributed by atoms with Crippen molar-refractivity contribution in [2.75, 3.05) is 12.8 Å². The highest BCUT2D eigenvalue weighted by atomic mass is 16.5. The van der Waals surface area contributed by atoms with Gasteiger partial charge in [0.25, 0.3) is 0 Å². The molecule has 0 spiro atoms. The third-order valence-corrected chi connectivity index (χ3v) is 2.26. The lowest BCUT2D eigenvalue weighted by Gasteiger charge is -2.05. The Bertz CT molecular complexity index is 569. The van der Waals surface area contributed by atoms with Crippen LogP contribution in [0.15, 0.2) is 24.4 Å². The summed E-state index contributed by atoms with van der Waals surface area (Å²) in [6.07, 6.45) is 1.48. The van der Waals surface area contributed by atoms with Crippen molar-refractivity contribution in [2.24, 2.45) is 0 Å². The van der Waals surface area contributed by atoms with Crippen LogP contribution >= 0.6 is 0 Å². The van der Waals surface area contributed by atoms with E-state index in [1.165, 1.54) is 18.1 Å². The van der Waals surface area contributed by atoms with Gasteiger partial charge in [0.2, 0.25) is 0 Å². The second kappa shape index (κ2) is 4.53. The van der Waals surface area contributed by atoms with Crippen LogP contribution in [0.4, 0.5) is 5.82 Å². The fourth-order valence-corrected chi connectivity index (χ4v) is 1.49. The Morgan fingerprint density at radius 1 is 1.53 bits per heavy atom. The van der Waals surface area contributed by atoms with E-state index in [4.69, 9.17) is 15.7 Å². The minimum atomic E-state index is 0.374. The topological polar surface area (TPSA) is 89.8 Å². The average Bonchev–Trinajstić information content (AvgIpc) is 2.74. The number of hydrogen-bond donors (Lipinski definition) is 1. The Kier molecular flexibility index (Phi) is 2.92. The van der Waals surface area contributed by atoms with Gasteiger partial charge in [0.15, 0.2) is 5.82 Å². The monoisotopic (exact) mass is 229 g/mol. The van der Waals surface area contributed by atoms with Crippen molar-refractivity contribution in [2.45, 2.75) is 6.54 Å². The lowest BCUT2D eigenvalue weighted by molar-refractivity contribution is 0.413. The molecule has 1 heterocycles. The Labute approximate surface area is 98.2 Å². The zero-order valence-electron chi connectivity index (χ0n) is 9.29. The summed E-state index contributed by atoms with van der Waals surface area (Å²) in [6, 6.07) is 7.44. The minimum Gasteiger partial charge on any atom is -0.495 e. The third-order valence-electron chi connectivity index (χ3n) is 2.26. The van der Waals surface area contributed by atoms with Crippen LogP contribution in [0.1, 0.15) is 11.1 Å². The lowest BCUT2D eigenvalue weighted by atomic mass is 10.1. The van der Waals surface area contributed by atoms with Crippen molar-refractivity contribution in [1.29, 1.82) is 5.26 Å². The molecule has 2 rings (SSSR count). The zero-order chi connectivity index (χ0) is 12.3. The quantitative estimate of drug-likeness (QED) is 0.840. The number of ether oxygens (including phenoxy) is 1. The average molecular weight is 229 g/mol. The Morgan fingerprint density at radius 3 is 2.94 bits per heavy atom. The first-order valence-electron chi connectivity index (χ1n) is 4.95. The Morgan fingerprint density at radius 2 is 2.35 bits per heavy atom. The maximum Gasteiger partial charge on any atom is 0.165 e. The first kappa shape index (κ1) is 11.0. The number of nitrogens with two attached hydrogens (primary N) is 1. The van der Waals surface area contributed by atoms with Gasteiger partial charge in [-0.3, -0.25) is 0 Å². The lowest BCUT2D eigenvalue weighted by Crippen LogP contribution is -2.04. The third kappa shape index (κ3) is 2.34. The summed E-state index contributed by atoms with van der Waals surface area (Å²) < 4.78 is 5.06. The number of aromatic nitrogens is 3. The van der Waals surface area contributed by atoms with Gasteiger partial charge < -0.3 is 10.5 Å². The molecule has 6 heteroatoms. The summed E-state index contributed by atoms with van der Waals surface area (Å²) in [5, 5.41) is 16.9. The number of rotatable bonds is 3. The molecule has 0 saturated carbocycles. The molecule has 0 radical (unpaired) electrons. The molecule has 0 saturated heterocycles. The predicted molar refractivity (Wildman–Crippen MR) is 61.2 cm³/mol. The molecule has 0 bridgehead atoms. The van der Waals surface area contributed by atoms with Crippen LogP contribution in [0.3, 0.4) is 0 Å². The molecule has 1 aromatic heterocycles. The first-order chi connectivity index (χ1) is 8.22. The number of nitrogens with zero attached hydrogens (tertiary/aromatic N) is 4. The van der Waals surface area contributed by atoms with Crippen LogP contribution in [-0.2, 0) is 6.54 Å². The summed E-state index contributed by atoms with van der Waals surface area (Å²) in [4.78, 5) is 1.47. The first-order valence-corrected chi connectivity index (χ1v) is 4.95. The largest absolute Gasteiger partial charge is 0.495 e. The molecule has 0 aliphatic rings. The molecule has 6 nitrogen and oxygen atoms in total. The van der Waals surface area contributed by atoms with Gasteiger partial charge in [0.1, 0.15) is 11.8 Å². The van der Waals surface area contributed by atoms with Crippen LogP contribution in [0, 0.1) is 11.3 Å². The highest BCUT2D eigenvalue weighted by Crippen LogP contribution is 2.19. The van der Waals surface area contributed by atoms with E-state index in [0.717, 1.165) is 5.56 Å². The summed E-state index contributed by atoms with van der Waals surface area (Å²) in [5.74, 6) is 0.934. The van der Waals surface area contributed by atoms with E-state index in [1.54, 1.807) is 12.1 Å². The standard InChI is InChI=1S/C11H11N5O/c1-17-10-3-2-8(4-9(10)5-12)7-16-14-6-11(13)15-16/h2-4,6H,7H2,1H3,(H2,13,15). The van der Waals surface area contributed by atoms with E-state index < -0.39 is 0 Å². The molecule has 0 atom stereocenters. The van der Waals surface area contributed by atoms with E-state index in [-0.39, 0.29) is 0 Å². The van der Waals surface area contributed by atoms with Crippen LogP contribution in [0.2, 0.25) is 0 Å². The van der Waals surface area contributed by atoms with Gasteiger partial charge in [-0.15, -0.1) is 5.10 Å². The number of methoxy groups -OCH3 is 1. The molecular weight excluding hydrogens is 218 g/mol. The smallest absolute Gasteiger partial charge is 0.165 e. The Balaban J connectivity index is 2.26. The maximum atomic E-state index is 8.96. The van der Waals surface area contributed by atoms with Crippen molar-refractivity contribution < 1.29 is 4.74 Å². The molecule has 0 unspecified atom stereocenters. The van der Waals surface area contributed by atoms with E-state index in [9.17, 15) is 0 Å². The van der Waals surface area contributed by atoms with Crippen LogP contribution in [-0.4, -0.2) is 22.1 Å². The summed E-state index contributed by atoms with van der Waals surface area (Å²) in [6.45, 7) is 0.468. The zero-order valence-corrected chi connectivity index (χ0v) is 9.29. The molecule has 2 aromatic rings. The van der Waals surface area contributed by atoms with Gasteiger partial charge in [-0.2, -0.15) is 15.2 Å². The van der Waals surface area contributed by atoms with Gasteiger partial charge >= 0.3 is 0 Å². The van der Waals surface area contributed by atoms with Gasteiger partial charge in [-0.25, -0.2) is 0 Å². The summed E-state index contributed by atoms with van der Waals surface area (Å²) in [7, 11) is 1.53. The van der Waals surface area contributed by atoms with Crippen molar-refractivity contribution >= 4 is 5.82 Å². The van der Waals surface area contributed by atoms with Crippen molar-refractivity contribution in [3.05, 3.63) is 35.5 Å². The molecule has 0 amide bonds. The number of nitrogen functional groups attached to an aromatic ring is 1. The second-order valence-electron chi connectivity index (χ2n) is 3.45. The molecule has 86 valence electrons. The van der Waals surface area contributed by atoms with Gasteiger partial charge in [0.05, 0.1) is 25.4 Å². The minimum absolute atomic E-state index is 0.374. The molecule has 17 heavy (non-hydrogen) atoms. The van der Waals surface area contributed by atoms with Crippen molar-refractivity contribution in [3.8, 4) is 11.8 Å². The Hall–Kier alpha value is -2.55. The van der Waals surface area contributed by atoms with E-state index >= 15 is 0 Å². The van der Waals surface area contributed by atoms with Gasteiger partial charge in [0, 0.05) is 0 Å². The highest BCUT2D eigenvalue weighted by Gasteiger charge is 2.05. The van der Waals surface area contributed by atoms with E-state index in [2.05, 4.69) is 16.3 Å². The predicted octanol–water partition coefficient (Wildman–Crippen LogP) is 0.789. The van der Waals surface area contributed by atoms with Crippen molar-refractivity contribution in [3.63, 3.8) is 0 Å². The molecule has 0 aliphatic carbocycles. The van der Waals surface area contributed by atoms with Crippen LogP contribution in [0.25, 0.3) is 0 Å². The molecule has 0 fully saturated rings. The number of benzene rings is 1. The number of nitriles is 1. The molecule has 2 N–H and O–H groups in total. The summed E-state index contributed by atoms with van der Waals surface area (Å²) >= 11 is 0. The van der Waals surface area contributed by atoms with Crippen LogP contribution < -0.4 is 10.5 Å². The highest BCUT2D eigenvalue weighted by molar-refractivity contribution is 5.45. The molecule has 0 aliphatic heterocycles. The SMILES string of the molecule is COc1ccc(Cn2ncc(N)n2)cc1C#N. The van der Waals surface area contributed by atoms with Crippen LogP contribution in [0.5, 0.6) is 5.75 Å². The maximum absolute atomic E-state index is 8.96. The van der Waals surface area contributed by atoms with Gasteiger partial charge in [-0.1, -0.05) is 6.07 Å². The normalized spacial score (nSPS) is 9.88. The fraction of sp³-hybridized carbons (Fsp3) is 0.182. The van der Waals surface area contributed by atoms with E-state index in [0.29, 0.717) is 23.7 Å². The number of hydrogen-bond acceptors (Lipinski definition) is 5. The van der Waals surface area contributed by atoms with Gasteiger partial charge in [-0.05, 0) is 17.7 Å². The number of anilines is 1.